The number of para-hydroxylation sites is 1. The molecule has 0 aliphatic heterocycles. The predicted octanol–water partition coefficient (Wildman–Crippen LogP) is 4.47. The second-order valence-electron chi connectivity index (χ2n) is 6.58. The molecule has 148 valence electrons. The van der Waals surface area contributed by atoms with E-state index in [1.807, 2.05) is 24.3 Å². The van der Waals surface area contributed by atoms with Crippen LogP contribution in [0.4, 0.5) is 6.01 Å². The highest BCUT2D eigenvalue weighted by molar-refractivity contribution is 7.89. The molecule has 1 unspecified atom stereocenters. The number of nitrogens with two attached hydrogens (primary N) is 1. The number of nitrogens with zero attached hydrogens (tertiary/aromatic N) is 1. The molecule has 6 nitrogen and oxygen atoms in total. The fourth-order valence-corrected chi connectivity index (χ4v) is 4.55. The van der Waals surface area contributed by atoms with Gasteiger partial charge >= 0.3 is 0 Å². The zero-order chi connectivity index (χ0) is 20.4. The third-order valence-electron chi connectivity index (χ3n) is 4.50. The molecule has 4 rings (SSSR count). The number of halogens is 1. The number of hydrogen-bond donors (Lipinski definition) is 2. The number of fused-ring (bicyclic) bond motifs is 1. The normalized spacial score (nSPS) is 12.8. The van der Waals surface area contributed by atoms with Gasteiger partial charge in [-0.3, -0.25) is 0 Å². The van der Waals surface area contributed by atoms with Crippen molar-refractivity contribution in [2.75, 3.05) is 5.32 Å². The van der Waals surface area contributed by atoms with Crippen LogP contribution in [0.5, 0.6) is 0 Å². The third-order valence-corrected chi connectivity index (χ3v) is 5.91. The average molecular weight is 428 g/mol. The van der Waals surface area contributed by atoms with E-state index in [1.54, 1.807) is 48.5 Å². The highest BCUT2D eigenvalue weighted by Crippen LogP contribution is 2.34. The van der Waals surface area contributed by atoms with Crippen molar-refractivity contribution in [2.45, 2.75) is 11.8 Å². The number of primary sulfonamides is 1. The zero-order valence-corrected chi connectivity index (χ0v) is 16.8. The number of benzene rings is 3. The number of aromatic nitrogens is 1. The fourth-order valence-electron chi connectivity index (χ4n) is 3.26. The maximum Gasteiger partial charge on any atom is 0.295 e. The summed E-state index contributed by atoms with van der Waals surface area (Å²) in [4.78, 5) is 4.48. The Bertz CT molecular complexity index is 1260. The van der Waals surface area contributed by atoms with Crippen LogP contribution in [-0.4, -0.2) is 13.4 Å². The number of sulfonamides is 1. The van der Waals surface area contributed by atoms with Crippen LogP contribution in [0.1, 0.15) is 21.9 Å². The Labute approximate surface area is 173 Å². The van der Waals surface area contributed by atoms with Crippen LogP contribution in [0.25, 0.3) is 11.1 Å². The monoisotopic (exact) mass is 427 g/mol. The average Bonchev–Trinajstić information content (AvgIpc) is 3.10. The van der Waals surface area contributed by atoms with Crippen LogP contribution in [0.3, 0.4) is 0 Å². The number of rotatable bonds is 6. The van der Waals surface area contributed by atoms with Gasteiger partial charge in [0.05, 0.1) is 0 Å². The van der Waals surface area contributed by atoms with E-state index < -0.39 is 15.3 Å². The summed E-state index contributed by atoms with van der Waals surface area (Å²) in [5, 5.41) is 8.28. The van der Waals surface area contributed by atoms with E-state index in [2.05, 4.69) is 10.3 Å². The molecule has 0 amide bonds. The first kappa shape index (κ1) is 19.4. The lowest BCUT2D eigenvalue weighted by atomic mass is 10.0. The summed E-state index contributed by atoms with van der Waals surface area (Å²) < 4.78 is 30.6. The van der Waals surface area contributed by atoms with E-state index in [0.717, 1.165) is 5.56 Å². The lowest BCUT2D eigenvalue weighted by Crippen LogP contribution is -2.23. The first-order valence-electron chi connectivity index (χ1n) is 8.86. The van der Waals surface area contributed by atoms with E-state index in [-0.39, 0.29) is 6.01 Å². The van der Waals surface area contributed by atoms with E-state index in [9.17, 15) is 8.42 Å². The van der Waals surface area contributed by atoms with E-state index >= 15 is 0 Å². The van der Waals surface area contributed by atoms with Crippen molar-refractivity contribution in [3.8, 4) is 0 Å². The lowest BCUT2D eigenvalue weighted by molar-refractivity contribution is 0.591. The van der Waals surface area contributed by atoms with Crippen LogP contribution in [-0.2, 0) is 16.6 Å². The largest absolute Gasteiger partial charge is 0.424 e. The smallest absolute Gasteiger partial charge is 0.295 e. The van der Waals surface area contributed by atoms with Gasteiger partial charge in [0.15, 0.2) is 5.58 Å². The molecular formula is C21H18ClN3O3S. The molecule has 8 heteroatoms. The second kappa shape index (κ2) is 7.87. The van der Waals surface area contributed by atoms with Crippen molar-refractivity contribution in [2.24, 2.45) is 5.14 Å². The molecule has 1 heterocycles. The molecule has 0 aliphatic rings. The van der Waals surface area contributed by atoms with Gasteiger partial charge in [-0.2, -0.15) is 4.98 Å². The molecule has 0 aliphatic carbocycles. The molecule has 0 spiro atoms. The lowest BCUT2D eigenvalue weighted by Gasteiger charge is -2.15. The van der Waals surface area contributed by atoms with Crippen molar-refractivity contribution in [1.82, 2.24) is 4.98 Å². The standard InChI is InChI=1S/C21H18ClN3O3S/c22-16-9-4-6-14(12-16)13-24-21-25-19-17(10-5-11-18(19)28-21)20(29(23,26)27)15-7-2-1-3-8-15/h1-12,20H,13H2,(H,24,25)(H2,23,26,27). The first-order chi connectivity index (χ1) is 13.9. The minimum Gasteiger partial charge on any atom is -0.424 e. The summed E-state index contributed by atoms with van der Waals surface area (Å²) >= 11 is 6.01. The predicted molar refractivity (Wildman–Crippen MR) is 114 cm³/mol. The maximum absolute atomic E-state index is 12.4. The Morgan fingerprint density at radius 3 is 2.52 bits per heavy atom. The topological polar surface area (TPSA) is 98.2 Å². The Kier molecular flexibility index (Phi) is 5.27. The van der Waals surface area contributed by atoms with Gasteiger partial charge in [0.1, 0.15) is 10.8 Å². The number of oxazole rings is 1. The molecule has 0 saturated carbocycles. The third kappa shape index (κ3) is 4.27. The maximum atomic E-state index is 12.4. The van der Waals surface area contributed by atoms with Gasteiger partial charge in [-0.05, 0) is 29.3 Å². The van der Waals surface area contributed by atoms with Gasteiger partial charge in [0.2, 0.25) is 10.0 Å². The summed E-state index contributed by atoms with van der Waals surface area (Å²) in [7, 11) is -3.93. The summed E-state index contributed by atoms with van der Waals surface area (Å²) in [6.07, 6.45) is 0. The van der Waals surface area contributed by atoms with Gasteiger partial charge in [0.25, 0.3) is 6.01 Å². The van der Waals surface area contributed by atoms with Crippen LogP contribution < -0.4 is 10.5 Å². The molecule has 0 bridgehead atoms. The van der Waals surface area contributed by atoms with Crippen molar-refractivity contribution >= 4 is 38.7 Å². The minimum atomic E-state index is -3.93. The van der Waals surface area contributed by atoms with Crippen molar-refractivity contribution in [3.05, 3.63) is 94.5 Å². The van der Waals surface area contributed by atoms with Crippen LogP contribution >= 0.6 is 11.6 Å². The first-order valence-corrected chi connectivity index (χ1v) is 10.8. The molecule has 0 fully saturated rings. The molecular weight excluding hydrogens is 410 g/mol. The molecule has 0 radical (unpaired) electrons. The van der Waals surface area contributed by atoms with Crippen molar-refractivity contribution in [1.29, 1.82) is 0 Å². The molecule has 1 atom stereocenters. The molecule has 29 heavy (non-hydrogen) atoms. The molecule has 3 N–H and O–H groups in total. The van der Waals surface area contributed by atoms with Crippen LogP contribution in [0, 0.1) is 0 Å². The van der Waals surface area contributed by atoms with Gasteiger partial charge in [-0.1, -0.05) is 66.2 Å². The molecule has 1 aromatic heterocycles. The second-order valence-corrected chi connectivity index (χ2v) is 8.66. The van der Waals surface area contributed by atoms with Gasteiger partial charge in [0, 0.05) is 17.1 Å². The molecule has 3 aromatic carbocycles. The molecule has 0 saturated heterocycles. The van der Waals surface area contributed by atoms with E-state index in [4.69, 9.17) is 21.2 Å². The number of hydrogen-bond acceptors (Lipinski definition) is 5. The zero-order valence-electron chi connectivity index (χ0n) is 15.2. The summed E-state index contributed by atoms with van der Waals surface area (Å²) in [5.74, 6) is 0. The highest BCUT2D eigenvalue weighted by atomic mass is 35.5. The van der Waals surface area contributed by atoms with Crippen molar-refractivity contribution < 1.29 is 12.8 Å². The number of nitrogens with one attached hydrogen (secondary N) is 1. The Hall–Kier alpha value is -2.87. The molecule has 4 aromatic rings. The van der Waals surface area contributed by atoms with Gasteiger partial charge < -0.3 is 9.73 Å². The highest BCUT2D eigenvalue weighted by Gasteiger charge is 2.28. The van der Waals surface area contributed by atoms with E-state index in [0.29, 0.717) is 33.8 Å². The number of anilines is 1. The minimum absolute atomic E-state index is 0.286. The van der Waals surface area contributed by atoms with Crippen molar-refractivity contribution in [3.63, 3.8) is 0 Å². The SMILES string of the molecule is NS(=O)(=O)C(c1ccccc1)c1cccc2oc(NCc3cccc(Cl)c3)nc12. The van der Waals surface area contributed by atoms with Crippen LogP contribution in [0.2, 0.25) is 5.02 Å². The fraction of sp³-hybridized carbons (Fsp3) is 0.0952. The Morgan fingerprint density at radius 2 is 1.79 bits per heavy atom. The van der Waals surface area contributed by atoms with Crippen LogP contribution in [0.15, 0.2) is 77.2 Å². The Balaban J connectivity index is 1.72. The van der Waals surface area contributed by atoms with Gasteiger partial charge in [-0.25, -0.2) is 13.6 Å². The summed E-state index contributed by atoms with van der Waals surface area (Å²) in [6.45, 7) is 0.458. The summed E-state index contributed by atoms with van der Waals surface area (Å²) in [6, 6.07) is 21.7. The quantitative estimate of drug-likeness (QED) is 0.473. The van der Waals surface area contributed by atoms with Gasteiger partial charge in [-0.15, -0.1) is 0 Å². The Morgan fingerprint density at radius 1 is 1.03 bits per heavy atom. The summed E-state index contributed by atoms with van der Waals surface area (Å²) in [5.41, 5.74) is 2.92. The van der Waals surface area contributed by atoms with E-state index in [1.165, 1.54) is 0 Å².